The van der Waals surface area contributed by atoms with E-state index in [9.17, 15) is 35.1 Å². The number of hydrogen-bond donors (Lipinski definition) is 3. The average Bonchev–Trinajstić information content (AvgIpc) is 2.82. The Balaban J connectivity index is 2.55. The number of aliphatic hydroxyl groups excluding tert-OH is 1. The molecule has 1 fully saturated rings. The van der Waals surface area contributed by atoms with E-state index in [2.05, 4.69) is 5.32 Å². The molecule has 0 aliphatic heterocycles. The van der Waals surface area contributed by atoms with Gasteiger partial charge in [0.25, 0.3) is 9.84 Å². The van der Waals surface area contributed by atoms with E-state index in [4.69, 9.17) is 5.14 Å². The summed E-state index contributed by atoms with van der Waals surface area (Å²) in [6, 6.07) is 1.79. The molecule has 136 valence electrons. The molecule has 12 heteroatoms. The van der Waals surface area contributed by atoms with Crippen LogP contribution in [0.2, 0.25) is 0 Å². The molecule has 0 saturated heterocycles. The lowest BCUT2D eigenvalue weighted by Crippen LogP contribution is -2.26. The van der Waals surface area contributed by atoms with Crippen LogP contribution in [0.5, 0.6) is 0 Å². The molecular weight excluding hydrogens is 373 g/mol. The number of nitrogens with one attached hydrogen (secondary N) is 1. The van der Waals surface area contributed by atoms with E-state index in [1.165, 1.54) is 0 Å². The van der Waals surface area contributed by atoms with Gasteiger partial charge in [-0.05, 0) is 37.5 Å². The van der Waals surface area contributed by atoms with Gasteiger partial charge in [0.15, 0.2) is 0 Å². The minimum Gasteiger partial charge on any atom is -0.393 e. The van der Waals surface area contributed by atoms with Crippen LogP contribution in [-0.2, 0) is 19.9 Å². The standard InChI is InChI=1S/C12H15F3N2O5S2/c13-12(14,15)23(19,20)11-6-9(24(16,21)22)3-4-10(11)17-7-1-2-8(18)5-7/h3-4,6-8,17-18H,1-2,5H2,(H2,16,21,22)/t7-,8-/m0/s1. The Morgan fingerprint density at radius 2 is 1.79 bits per heavy atom. The smallest absolute Gasteiger partial charge is 0.393 e. The summed E-state index contributed by atoms with van der Waals surface area (Å²) in [5.41, 5.74) is -5.99. The highest BCUT2D eigenvalue weighted by molar-refractivity contribution is 7.92. The third-order valence-electron chi connectivity index (χ3n) is 3.64. The van der Waals surface area contributed by atoms with Gasteiger partial charge in [-0.2, -0.15) is 13.2 Å². The first-order chi connectivity index (χ1) is 10.8. The first-order valence-corrected chi connectivity index (χ1v) is 9.78. The fraction of sp³-hybridized carbons (Fsp3) is 0.500. The molecule has 0 amide bonds. The van der Waals surface area contributed by atoms with Gasteiger partial charge in [-0.1, -0.05) is 0 Å². The van der Waals surface area contributed by atoms with E-state index < -0.39 is 47.3 Å². The Labute approximate surface area is 136 Å². The SMILES string of the molecule is NS(=O)(=O)c1ccc(N[C@H]2CC[C@H](O)C2)c(S(=O)(=O)C(F)(F)F)c1. The van der Waals surface area contributed by atoms with E-state index in [0.29, 0.717) is 18.9 Å². The number of alkyl halides is 3. The molecule has 2 atom stereocenters. The highest BCUT2D eigenvalue weighted by Crippen LogP contribution is 2.36. The van der Waals surface area contributed by atoms with E-state index >= 15 is 0 Å². The third-order valence-corrected chi connectivity index (χ3v) is 6.08. The van der Waals surface area contributed by atoms with Crippen molar-refractivity contribution in [2.24, 2.45) is 5.14 Å². The number of anilines is 1. The van der Waals surface area contributed by atoms with Crippen molar-refractivity contribution in [3.05, 3.63) is 18.2 Å². The molecule has 0 radical (unpaired) electrons. The molecule has 0 unspecified atom stereocenters. The minimum absolute atomic E-state index is 0.239. The molecule has 1 aliphatic rings. The number of sulfone groups is 1. The van der Waals surface area contributed by atoms with Crippen LogP contribution in [0, 0.1) is 0 Å². The first-order valence-electron chi connectivity index (χ1n) is 6.75. The zero-order valence-electron chi connectivity index (χ0n) is 12.1. The van der Waals surface area contributed by atoms with Crippen LogP contribution in [0.3, 0.4) is 0 Å². The number of aliphatic hydroxyl groups is 1. The highest BCUT2D eigenvalue weighted by atomic mass is 32.2. The Hall–Kier alpha value is -1.37. The van der Waals surface area contributed by atoms with Crippen molar-refractivity contribution in [2.75, 3.05) is 5.32 Å². The van der Waals surface area contributed by atoms with Crippen LogP contribution < -0.4 is 10.5 Å². The second kappa shape index (κ2) is 6.17. The summed E-state index contributed by atoms with van der Waals surface area (Å²) in [6.45, 7) is 0. The molecule has 4 N–H and O–H groups in total. The summed E-state index contributed by atoms with van der Waals surface area (Å²) in [5, 5.41) is 16.9. The average molecular weight is 388 g/mol. The van der Waals surface area contributed by atoms with Gasteiger partial charge >= 0.3 is 5.51 Å². The van der Waals surface area contributed by atoms with Gasteiger partial charge in [-0.3, -0.25) is 0 Å². The van der Waals surface area contributed by atoms with Crippen molar-refractivity contribution in [3.63, 3.8) is 0 Å². The number of benzene rings is 1. The molecule has 1 aromatic rings. The fourth-order valence-electron chi connectivity index (χ4n) is 2.45. The Kier molecular flexibility index (Phi) is 4.87. The number of sulfonamides is 1. The normalized spacial score (nSPS) is 22.5. The zero-order chi connectivity index (χ0) is 18.3. The Morgan fingerprint density at radius 3 is 2.25 bits per heavy atom. The summed E-state index contributed by atoms with van der Waals surface area (Å²) in [5.74, 6) is 0. The lowest BCUT2D eigenvalue weighted by molar-refractivity contribution is -0.0435. The number of nitrogens with two attached hydrogens (primary N) is 1. The van der Waals surface area contributed by atoms with Gasteiger partial charge in [0, 0.05) is 6.04 Å². The van der Waals surface area contributed by atoms with Crippen molar-refractivity contribution in [2.45, 2.75) is 46.7 Å². The topological polar surface area (TPSA) is 127 Å². The molecule has 1 aliphatic carbocycles. The molecular formula is C12H15F3N2O5S2. The molecule has 2 rings (SSSR count). The largest absolute Gasteiger partial charge is 0.501 e. The molecule has 0 spiro atoms. The Morgan fingerprint density at radius 1 is 1.17 bits per heavy atom. The predicted molar refractivity (Wildman–Crippen MR) is 78.3 cm³/mol. The van der Waals surface area contributed by atoms with Crippen molar-refractivity contribution in [1.29, 1.82) is 0 Å². The van der Waals surface area contributed by atoms with Gasteiger partial charge in [-0.25, -0.2) is 22.0 Å². The second-order valence-electron chi connectivity index (χ2n) is 5.46. The number of halogens is 3. The summed E-state index contributed by atoms with van der Waals surface area (Å²) in [4.78, 5) is -1.97. The first kappa shape index (κ1) is 19.0. The van der Waals surface area contributed by atoms with Gasteiger partial charge in [0.05, 0.1) is 16.7 Å². The van der Waals surface area contributed by atoms with Gasteiger partial charge < -0.3 is 10.4 Å². The highest BCUT2D eigenvalue weighted by Gasteiger charge is 2.48. The molecule has 0 aromatic heterocycles. The lowest BCUT2D eigenvalue weighted by Gasteiger charge is -2.19. The zero-order valence-corrected chi connectivity index (χ0v) is 13.7. The van der Waals surface area contributed by atoms with Crippen molar-refractivity contribution >= 4 is 25.5 Å². The quantitative estimate of drug-likeness (QED) is 0.705. The maximum atomic E-state index is 12.9. The van der Waals surface area contributed by atoms with Crippen LogP contribution >= 0.6 is 0 Å². The van der Waals surface area contributed by atoms with E-state index in [0.717, 1.165) is 12.1 Å². The molecule has 1 aromatic carbocycles. The monoisotopic (exact) mass is 388 g/mol. The summed E-state index contributed by atoms with van der Waals surface area (Å²) in [6.07, 6.45) is 0.467. The summed E-state index contributed by atoms with van der Waals surface area (Å²) in [7, 11) is -10.2. The van der Waals surface area contributed by atoms with Crippen molar-refractivity contribution < 1.29 is 35.1 Å². The summed E-state index contributed by atoms with van der Waals surface area (Å²) >= 11 is 0. The lowest BCUT2D eigenvalue weighted by atomic mass is 10.2. The van der Waals surface area contributed by atoms with Crippen LogP contribution in [-0.4, -0.2) is 39.6 Å². The minimum atomic E-state index is -5.79. The van der Waals surface area contributed by atoms with E-state index in [1.807, 2.05) is 0 Å². The van der Waals surface area contributed by atoms with Crippen LogP contribution in [0.1, 0.15) is 19.3 Å². The number of rotatable bonds is 4. The maximum absolute atomic E-state index is 12.9. The van der Waals surface area contributed by atoms with Crippen LogP contribution in [0.25, 0.3) is 0 Å². The number of primary sulfonamides is 1. The molecule has 24 heavy (non-hydrogen) atoms. The van der Waals surface area contributed by atoms with Crippen molar-refractivity contribution in [1.82, 2.24) is 0 Å². The number of hydrogen-bond acceptors (Lipinski definition) is 6. The second-order valence-corrected chi connectivity index (χ2v) is 8.93. The third kappa shape index (κ3) is 3.82. The summed E-state index contributed by atoms with van der Waals surface area (Å²) < 4.78 is 84.7. The predicted octanol–water partition coefficient (Wildman–Crippen LogP) is 0.953. The van der Waals surface area contributed by atoms with Gasteiger partial charge in [0.1, 0.15) is 4.90 Å². The molecule has 0 heterocycles. The van der Waals surface area contributed by atoms with Crippen LogP contribution in [0.15, 0.2) is 28.0 Å². The molecule has 7 nitrogen and oxygen atoms in total. The van der Waals surface area contributed by atoms with Gasteiger partial charge in [0.2, 0.25) is 10.0 Å². The van der Waals surface area contributed by atoms with E-state index in [-0.39, 0.29) is 12.1 Å². The van der Waals surface area contributed by atoms with Crippen molar-refractivity contribution in [3.8, 4) is 0 Å². The molecule has 1 saturated carbocycles. The van der Waals surface area contributed by atoms with Gasteiger partial charge in [-0.15, -0.1) is 0 Å². The van der Waals surface area contributed by atoms with Crippen LogP contribution in [0.4, 0.5) is 18.9 Å². The Bertz CT molecular complexity index is 837. The molecule has 0 bridgehead atoms. The fourth-order valence-corrected chi connectivity index (χ4v) is 4.02. The van der Waals surface area contributed by atoms with E-state index in [1.54, 1.807) is 0 Å². The maximum Gasteiger partial charge on any atom is 0.501 e.